The summed E-state index contributed by atoms with van der Waals surface area (Å²) in [7, 11) is 0. The lowest BCUT2D eigenvalue weighted by molar-refractivity contribution is 0.150. The first kappa shape index (κ1) is 18.5. The van der Waals surface area contributed by atoms with Gasteiger partial charge in [-0.15, -0.1) is 0 Å². The zero-order valence-electron chi connectivity index (χ0n) is 16.0. The summed E-state index contributed by atoms with van der Waals surface area (Å²) in [6.45, 7) is 3.66. The van der Waals surface area contributed by atoms with Gasteiger partial charge in [0.25, 0.3) is 0 Å². The van der Waals surface area contributed by atoms with E-state index in [1.807, 2.05) is 12.4 Å². The van der Waals surface area contributed by atoms with Gasteiger partial charge in [-0.05, 0) is 56.8 Å². The number of hydrogen-bond acceptors (Lipinski definition) is 6. The average molecular weight is 367 g/mol. The summed E-state index contributed by atoms with van der Waals surface area (Å²) in [4.78, 5) is 16.4. The molecule has 3 N–H and O–H groups in total. The van der Waals surface area contributed by atoms with Gasteiger partial charge in [-0.25, -0.2) is 0 Å². The Bertz CT molecular complexity index is 749. The summed E-state index contributed by atoms with van der Waals surface area (Å²) in [5.74, 6) is 0. The first-order valence-electron chi connectivity index (χ1n) is 10.2. The third-order valence-electron chi connectivity index (χ3n) is 5.82. The van der Waals surface area contributed by atoms with Gasteiger partial charge in [0.05, 0.1) is 23.1 Å². The van der Waals surface area contributed by atoms with Crippen molar-refractivity contribution in [3.05, 3.63) is 53.4 Å². The highest BCUT2D eigenvalue weighted by Crippen LogP contribution is 2.33. The van der Waals surface area contributed by atoms with Crippen LogP contribution in [0.15, 0.2) is 30.7 Å². The Morgan fingerprint density at radius 2 is 2.00 bits per heavy atom. The minimum absolute atomic E-state index is 0.404. The number of nitrogens with one attached hydrogen (secondary N) is 1. The number of rotatable bonds is 7. The average Bonchev–Trinajstić information content (AvgIpc) is 2.73. The van der Waals surface area contributed by atoms with Crippen LogP contribution >= 0.6 is 0 Å². The van der Waals surface area contributed by atoms with E-state index in [1.54, 1.807) is 6.20 Å². The van der Waals surface area contributed by atoms with E-state index >= 15 is 0 Å². The number of aromatic nitrogens is 3. The molecule has 1 aliphatic carbocycles. The molecule has 0 amide bonds. The molecule has 0 aromatic carbocycles. The largest absolute Gasteiger partial charge is 0.330 e. The van der Waals surface area contributed by atoms with E-state index in [4.69, 9.17) is 10.7 Å². The summed E-state index contributed by atoms with van der Waals surface area (Å²) < 4.78 is 0. The Morgan fingerprint density at radius 1 is 1.11 bits per heavy atom. The third kappa shape index (κ3) is 4.34. The second kappa shape index (κ2) is 8.87. The number of pyridine rings is 1. The van der Waals surface area contributed by atoms with Gasteiger partial charge in [-0.2, -0.15) is 0 Å². The minimum Gasteiger partial charge on any atom is -0.330 e. The lowest BCUT2D eigenvalue weighted by Crippen LogP contribution is -2.47. The van der Waals surface area contributed by atoms with Gasteiger partial charge >= 0.3 is 0 Å². The summed E-state index contributed by atoms with van der Waals surface area (Å²) in [6, 6.07) is 5.13. The molecule has 27 heavy (non-hydrogen) atoms. The summed E-state index contributed by atoms with van der Waals surface area (Å²) in [6.07, 6.45) is 12.3. The number of unbranched alkanes of at least 4 members (excludes halogenated alkanes) is 1. The molecule has 6 nitrogen and oxygen atoms in total. The lowest BCUT2D eigenvalue weighted by Gasteiger charge is -2.38. The van der Waals surface area contributed by atoms with Crippen molar-refractivity contribution in [3.63, 3.8) is 0 Å². The van der Waals surface area contributed by atoms with Crippen LogP contribution in [0.25, 0.3) is 0 Å². The van der Waals surface area contributed by atoms with E-state index in [0.717, 1.165) is 63.3 Å². The van der Waals surface area contributed by atoms with Gasteiger partial charge in [-0.3, -0.25) is 19.9 Å². The maximum absolute atomic E-state index is 5.75. The molecule has 0 unspecified atom stereocenters. The van der Waals surface area contributed by atoms with E-state index in [1.165, 1.54) is 24.1 Å². The van der Waals surface area contributed by atoms with Crippen LogP contribution in [-0.2, 0) is 19.4 Å². The van der Waals surface area contributed by atoms with Gasteiger partial charge in [0.2, 0.25) is 0 Å². The molecule has 1 aliphatic heterocycles. The van der Waals surface area contributed by atoms with Gasteiger partial charge in [0, 0.05) is 44.1 Å². The highest BCUT2D eigenvalue weighted by molar-refractivity contribution is 5.26. The van der Waals surface area contributed by atoms with Crippen LogP contribution in [0.2, 0.25) is 0 Å². The van der Waals surface area contributed by atoms with Crippen LogP contribution in [0.1, 0.15) is 54.4 Å². The zero-order valence-corrected chi connectivity index (χ0v) is 16.0. The Kier molecular flexibility index (Phi) is 6.07. The second-order valence-corrected chi connectivity index (χ2v) is 7.68. The number of fused-ring (bicyclic) bond motifs is 2. The maximum Gasteiger partial charge on any atom is 0.0757 e. The molecular formula is C21H30N6. The Labute approximate surface area is 161 Å². The molecule has 2 aromatic heterocycles. The van der Waals surface area contributed by atoms with Crippen molar-refractivity contribution >= 4 is 0 Å². The molecule has 2 aromatic rings. The molecule has 2 aliphatic rings. The molecule has 0 saturated carbocycles. The highest BCUT2D eigenvalue weighted by atomic mass is 15.2. The van der Waals surface area contributed by atoms with Crippen molar-refractivity contribution in [2.24, 2.45) is 5.73 Å². The predicted octanol–water partition coefficient (Wildman–Crippen LogP) is 2.00. The highest BCUT2D eigenvalue weighted by Gasteiger charge is 2.30. The van der Waals surface area contributed by atoms with Crippen LogP contribution in [0.5, 0.6) is 0 Å². The van der Waals surface area contributed by atoms with E-state index < -0.39 is 0 Å². The number of aryl methyl sites for hydroxylation is 1. The van der Waals surface area contributed by atoms with Crippen molar-refractivity contribution in [1.29, 1.82) is 0 Å². The first-order chi connectivity index (χ1) is 13.3. The number of nitrogens with two attached hydrogens (primary N) is 1. The van der Waals surface area contributed by atoms with E-state index in [2.05, 4.69) is 32.3 Å². The van der Waals surface area contributed by atoms with Crippen LogP contribution < -0.4 is 11.1 Å². The molecule has 0 radical (unpaired) electrons. The van der Waals surface area contributed by atoms with Crippen molar-refractivity contribution < 1.29 is 0 Å². The topological polar surface area (TPSA) is 80.0 Å². The molecule has 0 spiro atoms. The zero-order chi connectivity index (χ0) is 18.5. The summed E-state index contributed by atoms with van der Waals surface area (Å²) in [5, 5.41) is 3.67. The van der Waals surface area contributed by atoms with Crippen LogP contribution in [0, 0.1) is 0 Å². The van der Waals surface area contributed by atoms with Crippen molar-refractivity contribution in [2.45, 2.75) is 57.2 Å². The quantitative estimate of drug-likeness (QED) is 0.730. The fourth-order valence-electron chi connectivity index (χ4n) is 4.45. The van der Waals surface area contributed by atoms with Crippen molar-refractivity contribution in [1.82, 2.24) is 25.2 Å². The molecule has 2 atom stereocenters. The Hall–Kier alpha value is -1.89. The molecule has 0 bridgehead atoms. The van der Waals surface area contributed by atoms with E-state index in [9.17, 15) is 0 Å². The maximum atomic E-state index is 5.75. The Balaban J connectivity index is 1.50. The molecule has 0 fully saturated rings. The predicted molar refractivity (Wildman–Crippen MR) is 106 cm³/mol. The molecule has 0 saturated heterocycles. The van der Waals surface area contributed by atoms with Crippen LogP contribution in [-0.4, -0.2) is 45.5 Å². The third-order valence-corrected chi connectivity index (χ3v) is 5.82. The standard InChI is InChI=1S/C21H30N6/c22-8-1-2-12-27(20-7-3-5-16-6-4-9-25-21(16)20)15-17-13-18-19(14-26-17)24-11-10-23-18/h4,6,9-11,17,20,26H,1-3,5,7-8,12-15,22H2/t17-,20+/m1/s1. The number of nitrogens with zero attached hydrogens (tertiary/aromatic N) is 4. The second-order valence-electron chi connectivity index (χ2n) is 7.68. The molecule has 4 rings (SSSR count). The van der Waals surface area contributed by atoms with Gasteiger partial charge in [0.1, 0.15) is 0 Å². The monoisotopic (exact) mass is 366 g/mol. The van der Waals surface area contributed by atoms with Gasteiger partial charge < -0.3 is 11.1 Å². The fraction of sp³-hybridized carbons (Fsp3) is 0.571. The number of hydrogen-bond donors (Lipinski definition) is 2. The minimum atomic E-state index is 0.404. The SMILES string of the molecule is NCCCCN(C[C@H]1Cc2nccnc2CN1)[C@H]1CCCc2cccnc21. The fourth-order valence-corrected chi connectivity index (χ4v) is 4.45. The molecule has 3 heterocycles. The van der Waals surface area contributed by atoms with Gasteiger partial charge in [-0.1, -0.05) is 6.07 Å². The van der Waals surface area contributed by atoms with Crippen LogP contribution in [0.3, 0.4) is 0 Å². The summed E-state index contributed by atoms with van der Waals surface area (Å²) >= 11 is 0. The molecule has 144 valence electrons. The van der Waals surface area contributed by atoms with E-state index in [-0.39, 0.29) is 0 Å². The lowest BCUT2D eigenvalue weighted by atomic mass is 9.90. The Morgan fingerprint density at radius 3 is 2.89 bits per heavy atom. The van der Waals surface area contributed by atoms with Crippen molar-refractivity contribution in [3.8, 4) is 0 Å². The molecule has 6 heteroatoms. The van der Waals surface area contributed by atoms with Gasteiger partial charge in [0.15, 0.2) is 0 Å². The normalized spacial score (nSPS) is 21.7. The first-order valence-corrected chi connectivity index (χ1v) is 10.2. The smallest absolute Gasteiger partial charge is 0.0757 e. The van der Waals surface area contributed by atoms with Crippen molar-refractivity contribution in [2.75, 3.05) is 19.6 Å². The van der Waals surface area contributed by atoms with Crippen LogP contribution in [0.4, 0.5) is 0 Å². The van der Waals surface area contributed by atoms with E-state index in [0.29, 0.717) is 12.1 Å². The summed E-state index contributed by atoms with van der Waals surface area (Å²) in [5.41, 5.74) is 10.7. The molecular weight excluding hydrogens is 336 g/mol.